The standard InChI is InChI=1S/C16H22N2O4/c1-11(17-18-15(20)22-16(2,3)4)6-7-12-8-9-13(19)14(10-12)21-5/h6-10,19H,1-5H3,(H,18,20)/b7-6+,17-11?. The van der Waals surface area contributed by atoms with Gasteiger partial charge >= 0.3 is 6.09 Å². The lowest BCUT2D eigenvalue weighted by molar-refractivity contribution is 0.0529. The number of carbonyl (C=O) groups is 1. The number of allylic oxidation sites excluding steroid dienone is 1. The smallest absolute Gasteiger partial charge is 0.428 e. The molecule has 120 valence electrons. The van der Waals surface area contributed by atoms with Gasteiger partial charge in [-0.2, -0.15) is 5.10 Å². The zero-order chi connectivity index (χ0) is 16.8. The molecule has 0 atom stereocenters. The Balaban J connectivity index is 2.65. The lowest BCUT2D eigenvalue weighted by atomic mass is 10.2. The summed E-state index contributed by atoms with van der Waals surface area (Å²) < 4.78 is 10.1. The van der Waals surface area contributed by atoms with Crippen LogP contribution in [0.15, 0.2) is 29.4 Å². The zero-order valence-corrected chi connectivity index (χ0v) is 13.5. The average Bonchev–Trinajstić information content (AvgIpc) is 2.42. The second-order valence-corrected chi connectivity index (χ2v) is 5.63. The van der Waals surface area contributed by atoms with Crippen LogP contribution in [-0.4, -0.2) is 29.6 Å². The molecule has 0 saturated carbocycles. The number of rotatable bonds is 4. The normalized spacial score (nSPS) is 12.3. The summed E-state index contributed by atoms with van der Waals surface area (Å²) in [5.74, 6) is 0.472. The van der Waals surface area contributed by atoms with E-state index in [1.165, 1.54) is 7.11 Å². The fourth-order valence-corrected chi connectivity index (χ4v) is 1.49. The molecule has 1 rings (SSSR count). The van der Waals surface area contributed by atoms with Crippen LogP contribution in [0.3, 0.4) is 0 Å². The van der Waals surface area contributed by atoms with Crippen LogP contribution in [0.5, 0.6) is 11.5 Å². The number of hydrazone groups is 1. The summed E-state index contributed by atoms with van der Waals surface area (Å²) in [7, 11) is 1.49. The maximum Gasteiger partial charge on any atom is 0.428 e. The molecule has 0 spiro atoms. The molecule has 0 saturated heterocycles. The van der Waals surface area contributed by atoms with Gasteiger partial charge in [-0.25, -0.2) is 10.2 Å². The minimum atomic E-state index is -0.605. The fourth-order valence-electron chi connectivity index (χ4n) is 1.49. The number of nitrogens with one attached hydrogen (secondary N) is 1. The van der Waals surface area contributed by atoms with E-state index in [0.717, 1.165) is 5.56 Å². The van der Waals surface area contributed by atoms with E-state index >= 15 is 0 Å². The van der Waals surface area contributed by atoms with Gasteiger partial charge in [-0.15, -0.1) is 0 Å². The van der Waals surface area contributed by atoms with Crippen LogP contribution in [0.25, 0.3) is 6.08 Å². The Morgan fingerprint density at radius 3 is 2.64 bits per heavy atom. The Morgan fingerprint density at radius 1 is 1.36 bits per heavy atom. The number of carbonyl (C=O) groups excluding carboxylic acids is 1. The average molecular weight is 306 g/mol. The van der Waals surface area contributed by atoms with Gasteiger partial charge < -0.3 is 14.6 Å². The first-order chi connectivity index (χ1) is 10.2. The van der Waals surface area contributed by atoms with Gasteiger partial charge in [0.15, 0.2) is 11.5 Å². The number of phenolic OH excluding ortho intramolecular Hbond substituents is 1. The van der Waals surface area contributed by atoms with Gasteiger partial charge in [0.05, 0.1) is 12.8 Å². The third kappa shape index (κ3) is 6.30. The number of ether oxygens (including phenoxy) is 2. The van der Waals surface area contributed by atoms with Gasteiger partial charge in [0.25, 0.3) is 0 Å². The largest absolute Gasteiger partial charge is 0.504 e. The molecule has 6 heteroatoms. The maximum absolute atomic E-state index is 11.4. The highest BCUT2D eigenvalue weighted by Crippen LogP contribution is 2.26. The molecule has 1 aromatic rings. The number of nitrogens with zero attached hydrogens (tertiary/aromatic N) is 1. The molecule has 0 fully saturated rings. The summed E-state index contributed by atoms with van der Waals surface area (Å²) in [6, 6.07) is 4.98. The first-order valence-corrected chi connectivity index (χ1v) is 6.79. The minimum absolute atomic E-state index is 0.0802. The van der Waals surface area contributed by atoms with Gasteiger partial charge in [0.1, 0.15) is 5.60 Å². The van der Waals surface area contributed by atoms with Crippen molar-refractivity contribution < 1.29 is 19.4 Å². The lowest BCUT2D eigenvalue weighted by Gasteiger charge is -2.18. The van der Waals surface area contributed by atoms with Crippen LogP contribution in [-0.2, 0) is 4.74 Å². The predicted molar refractivity (Wildman–Crippen MR) is 86.2 cm³/mol. The van der Waals surface area contributed by atoms with E-state index in [1.54, 1.807) is 58.0 Å². The Morgan fingerprint density at radius 2 is 2.05 bits per heavy atom. The molecule has 22 heavy (non-hydrogen) atoms. The molecule has 6 nitrogen and oxygen atoms in total. The van der Waals surface area contributed by atoms with E-state index < -0.39 is 11.7 Å². The van der Waals surface area contributed by atoms with Crippen LogP contribution >= 0.6 is 0 Å². The second kappa shape index (κ2) is 7.49. The Bertz CT molecular complexity index is 586. The van der Waals surface area contributed by atoms with E-state index in [0.29, 0.717) is 11.5 Å². The number of aromatic hydroxyl groups is 1. The highest BCUT2D eigenvalue weighted by Gasteiger charge is 2.15. The van der Waals surface area contributed by atoms with Gasteiger partial charge in [-0.05, 0) is 51.5 Å². The topological polar surface area (TPSA) is 80.2 Å². The summed E-state index contributed by atoms with van der Waals surface area (Å²) in [5, 5.41) is 13.4. The van der Waals surface area contributed by atoms with Crippen molar-refractivity contribution >= 4 is 17.9 Å². The van der Waals surface area contributed by atoms with E-state index in [9.17, 15) is 9.90 Å². The van der Waals surface area contributed by atoms with E-state index in [2.05, 4.69) is 10.5 Å². The Labute approximate surface area is 130 Å². The molecule has 0 bridgehead atoms. The van der Waals surface area contributed by atoms with Crippen LogP contribution in [0.1, 0.15) is 33.3 Å². The zero-order valence-electron chi connectivity index (χ0n) is 13.5. The van der Waals surface area contributed by atoms with Crippen LogP contribution in [0.4, 0.5) is 4.79 Å². The molecule has 0 heterocycles. The van der Waals surface area contributed by atoms with Gasteiger partial charge in [-0.3, -0.25) is 0 Å². The summed E-state index contributed by atoms with van der Waals surface area (Å²) in [4.78, 5) is 11.4. The fraction of sp³-hybridized carbons (Fsp3) is 0.375. The van der Waals surface area contributed by atoms with Crippen LogP contribution < -0.4 is 10.2 Å². The maximum atomic E-state index is 11.4. The first kappa shape index (κ1) is 17.6. The Kier molecular flexibility index (Phi) is 5.98. The molecular formula is C16H22N2O4. The van der Waals surface area contributed by atoms with Crippen molar-refractivity contribution in [3.05, 3.63) is 29.8 Å². The molecular weight excluding hydrogens is 284 g/mol. The van der Waals surface area contributed by atoms with Crippen molar-refractivity contribution in [1.29, 1.82) is 0 Å². The number of methoxy groups -OCH3 is 1. The van der Waals surface area contributed by atoms with E-state index in [1.807, 2.05) is 0 Å². The molecule has 2 N–H and O–H groups in total. The minimum Gasteiger partial charge on any atom is -0.504 e. The second-order valence-electron chi connectivity index (χ2n) is 5.63. The first-order valence-electron chi connectivity index (χ1n) is 6.79. The molecule has 1 aromatic carbocycles. The molecule has 0 aliphatic carbocycles. The van der Waals surface area contributed by atoms with Gasteiger partial charge in [-0.1, -0.05) is 12.1 Å². The van der Waals surface area contributed by atoms with Crippen molar-refractivity contribution in [3.8, 4) is 11.5 Å². The number of benzene rings is 1. The highest BCUT2D eigenvalue weighted by molar-refractivity contribution is 5.96. The van der Waals surface area contributed by atoms with Crippen LogP contribution in [0.2, 0.25) is 0 Å². The summed E-state index contributed by atoms with van der Waals surface area (Å²) >= 11 is 0. The molecule has 0 aromatic heterocycles. The van der Waals surface area contributed by atoms with Crippen molar-refractivity contribution in [2.45, 2.75) is 33.3 Å². The van der Waals surface area contributed by atoms with Gasteiger partial charge in [0.2, 0.25) is 0 Å². The third-order valence-corrected chi connectivity index (χ3v) is 2.44. The molecule has 0 unspecified atom stereocenters. The Hall–Kier alpha value is -2.50. The summed E-state index contributed by atoms with van der Waals surface area (Å²) in [5.41, 5.74) is 3.18. The highest BCUT2D eigenvalue weighted by atomic mass is 16.6. The molecule has 0 aliphatic heterocycles. The van der Waals surface area contributed by atoms with Crippen LogP contribution in [0, 0.1) is 0 Å². The third-order valence-electron chi connectivity index (χ3n) is 2.44. The summed E-state index contributed by atoms with van der Waals surface area (Å²) in [6.45, 7) is 7.08. The van der Waals surface area contributed by atoms with Crippen molar-refractivity contribution in [1.82, 2.24) is 5.43 Å². The molecule has 1 amide bonds. The van der Waals surface area contributed by atoms with E-state index in [4.69, 9.17) is 9.47 Å². The molecule has 0 aliphatic rings. The lowest BCUT2D eigenvalue weighted by Crippen LogP contribution is -2.30. The summed E-state index contributed by atoms with van der Waals surface area (Å²) in [6.07, 6.45) is 2.91. The van der Waals surface area contributed by atoms with Gasteiger partial charge in [0, 0.05) is 0 Å². The van der Waals surface area contributed by atoms with E-state index in [-0.39, 0.29) is 5.75 Å². The van der Waals surface area contributed by atoms with Crippen molar-refractivity contribution in [3.63, 3.8) is 0 Å². The quantitative estimate of drug-likeness (QED) is 0.660. The van der Waals surface area contributed by atoms with Crippen molar-refractivity contribution in [2.24, 2.45) is 5.10 Å². The monoisotopic (exact) mass is 306 g/mol. The number of hydrogen-bond donors (Lipinski definition) is 2. The SMILES string of the molecule is COc1cc(/C=C/C(C)=NNC(=O)OC(C)(C)C)ccc1O. The molecule has 0 radical (unpaired) electrons. The van der Waals surface area contributed by atoms with Crippen molar-refractivity contribution in [2.75, 3.05) is 7.11 Å². The number of amides is 1. The predicted octanol–water partition coefficient (Wildman–Crippen LogP) is 3.31. The number of hydrogen-bond acceptors (Lipinski definition) is 5. The number of phenols is 1.